The average Bonchev–Trinajstić information content (AvgIpc) is 3.07. The lowest BCUT2D eigenvalue weighted by molar-refractivity contribution is 0.0941. The lowest BCUT2D eigenvalue weighted by Gasteiger charge is -2.28. The maximum Gasteiger partial charge on any atom is 0.252 e. The fraction of sp³-hybridized carbons (Fsp3) is 0.190. The molecule has 3 aromatic rings. The quantitative estimate of drug-likeness (QED) is 0.718. The molecule has 0 fully saturated rings. The molecule has 5 rings (SSSR count). The van der Waals surface area contributed by atoms with Crippen molar-refractivity contribution in [3.05, 3.63) is 70.3 Å². The Kier molecular flexibility index (Phi) is 2.60. The summed E-state index contributed by atoms with van der Waals surface area (Å²) in [5.74, 6) is 0.737. The number of amides is 1. The third-order valence-corrected chi connectivity index (χ3v) is 5.45. The number of ether oxygens (including phenoxy) is 1. The molecule has 1 atom stereocenters. The van der Waals surface area contributed by atoms with Gasteiger partial charge in [0.1, 0.15) is 17.0 Å². The highest BCUT2D eigenvalue weighted by atomic mass is 16.5. The topological polar surface area (TPSA) is 58.6 Å². The summed E-state index contributed by atoms with van der Waals surface area (Å²) < 4.78 is 5.58. The van der Waals surface area contributed by atoms with Gasteiger partial charge in [-0.2, -0.15) is 0 Å². The van der Waals surface area contributed by atoms with Crippen molar-refractivity contribution in [2.75, 3.05) is 7.11 Å². The van der Waals surface area contributed by atoms with Crippen LogP contribution in [0.4, 0.5) is 0 Å². The molecule has 124 valence electrons. The molecular weight excluding hydrogens is 314 g/mol. The first-order chi connectivity index (χ1) is 12.0. The van der Waals surface area contributed by atoms with Gasteiger partial charge in [0.2, 0.25) is 0 Å². The van der Waals surface area contributed by atoms with Crippen LogP contribution in [0.3, 0.4) is 0 Å². The van der Waals surface area contributed by atoms with E-state index >= 15 is 0 Å². The summed E-state index contributed by atoms with van der Waals surface area (Å²) >= 11 is 0. The maximum absolute atomic E-state index is 12.7. The van der Waals surface area contributed by atoms with Crippen molar-refractivity contribution >= 4 is 16.7 Å². The fourth-order valence-corrected chi connectivity index (χ4v) is 4.63. The number of aryl methyl sites for hydroxylation is 1. The molecule has 1 spiro atoms. The lowest BCUT2D eigenvalue weighted by atomic mass is 9.83. The number of phenols is 1. The highest BCUT2D eigenvalue weighted by Crippen LogP contribution is 2.54. The first-order valence-electron chi connectivity index (χ1n) is 8.31. The zero-order valence-corrected chi connectivity index (χ0v) is 14.0. The zero-order chi connectivity index (χ0) is 17.3. The van der Waals surface area contributed by atoms with Crippen LogP contribution in [-0.4, -0.2) is 18.1 Å². The Balaban J connectivity index is 1.92. The Bertz CT molecular complexity index is 1090. The minimum absolute atomic E-state index is 0.130. The number of methoxy groups -OCH3 is 1. The van der Waals surface area contributed by atoms with Gasteiger partial charge in [0, 0.05) is 23.1 Å². The van der Waals surface area contributed by atoms with Crippen molar-refractivity contribution < 1.29 is 14.6 Å². The third kappa shape index (κ3) is 1.64. The van der Waals surface area contributed by atoms with E-state index < -0.39 is 5.54 Å². The predicted octanol–water partition coefficient (Wildman–Crippen LogP) is 3.41. The monoisotopic (exact) mass is 331 g/mol. The Morgan fingerprint density at radius 2 is 2.00 bits per heavy atom. The van der Waals surface area contributed by atoms with E-state index in [1.807, 2.05) is 24.3 Å². The van der Waals surface area contributed by atoms with Gasteiger partial charge < -0.3 is 15.2 Å². The Hall–Kier alpha value is -3.01. The summed E-state index contributed by atoms with van der Waals surface area (Å²) in [5, 5.41) is 16.0. The largest absolute Gasteiger partial charge is 0.508 e. The summed E-state index contributed by atoms with van der Waals surface area (Å²) in [4.78, 5) is 12.7. The normalized spacial score (nSPS) is 20.2. The average molecular weight is 331 g/mol. The summed E-state index contributed by atoms with van der Waals surface area (Å²) in [6.45, 7) is 2.06. The molecule has 1 aliphatic carbocycles. The molecule has 1 amide bonds. The van der Waals surface area contributed by atoms with Crippen LogP contribution in [0.25, 0.3) is 10.8 Å². The first kappa shape index (κ1) is 14.3. The van der Waals surface area contributed by atoms with Crippen LogP contribution < -0.4 is 10.1 Å². The SMILES string of the molecule is COc1cccc2c1[C@]1(Cc3cc(C)cc4ccc(O)c1c34)NC2=O. The molecule has 1 heterocycles. The van der Waals surface area contributed by atoms with Crippen LogP contribution in [0, 0.1) is 6.92 Å². The van der Waals surface area contributed by atoms with Crippen molar-refractivity contribution in [1.82, 2.24) is 5.32 Å². The number of carbonyl (C=O) groups excluding carboxylic acids is 1. The molecule has 2 aliphatic rings. The predicted molar refractivity (Wildman–Crippen MR) is 95.3 cm³/mol. The van der Waals surface area contributed by atoms with Crippen molar-refractivity contribution in [2.24, 2.45) is 0 Å². The van der Waals surface area contributed by atoms with Gasteiger partial charge >= 0.3 is 0 Å². The fourth-order valence-electron chi connectivity index (χ4n) is 4.63. The Morgan fingerprint density at radius 1 is 1.16 bits per heavy atom. The molecular formula is C21H17NO3. The second-order valence-corrected chi connectivity index (χ2v) is 6.90. The lowest BCUT2D eigenvalue weighted by Crippen LogP contribution is -2.40. The van der Waals surface area contributed by atoms with Crippen molar-refractivity contribution in [1.29, 1.82) is 0 Å². The number of phenolic OH excluding ortho intramolecular Hbond substituents is 1. The molecule has 1 aliphatic heterocycles. The highest BCUT2D eigenvalue weighted by molar-refractivity contribution is 6.05. The molecule has 25 heavy (non-hydrogen) atoms. The Labute approximate surface area is 145 Å². The van der Waals surface area contributed by atoms with Gasteiger partial charge in [0.15, 0.2) is 0 Å². The van der Waals surface area contributed by atoms with E-state index in [0.29, 0.717) is 17.7 Å². The maximum atomic E-state index is 12.7. The number of hydrogen-bond acceptors (Lipinski definition) is 3. The van der Waals surface area contributed by atoms with E-state index in [9.17, 15) is 9.90 Å². The van der Waals surface area contributed by atoms with Crippen molar-refractivity contribution in [3.8, 4) is 11.5 Å². The molecule has 3 aromatic carbocycles. The molecule has 0 bridgehead atoms. The van der Waals surface area contributed by atoms with E-state index in [2.05, 4.69) is 24.4 Å². The second-order valence-electron chi connectivity index (χ2n) is 6.90. The van der Waals surface area contributed by atoms with Gasteiger partial charge in [-0.05, 0) is 41.5 Å². The summed E-state index contributed by atoms with van der Waals surface area (Å²) in [6.07, 6.45) is 0.608. The van der Waals surface area contributed by atoms with Gasteiger partial charge in [0.25, 0.3) is 5.91 Å². The van der Waals surface area contributed by atoms with Gasteiger partial charge in [-0.1, -0.05) is 29.8 Å². The first-order valence-corrected chi connectivity index (χ1v) is 8.31. The number of hydrogen-bond donors (Lipinski definition) is 2. The summed E-state index contributed by atoms with van der Waals surface area (Å²) in [5.41, 5.74) is 3.73. The third-order valence-electron chi connectivity index (χ3n) is 5.45. The molecule has 4 heteroatoms. The Morgan fingerprint density at radius 3 is 2.80 bits per heavy atom. The number of carbonyl (C=O) groups is 1. The smallest absolute Gasteiger partial charge is 0.252 e. The van der Waals surface area contributed by atoms with E-state index in [1.54, 1.807) is 13.2 Å². The number of aromatic hydroxyl groups is 1. The highest BCUT2D eigenvalue weighted by Gasteiger charge is 2.52. The van der Waals surface area contributed by atoms with E-state index in [0.717, 1.165) is 27.5 Å². The second kappa shape index (κ2) is 4.54. The molecule has 2 N–H and O–H groups in total. The van der Waals surface area contributed by atoms with Crippen LogP contribution in [0.15, 0.2) is 42.5 Å². The van der Waals surface area contributed by atoms with Crippen LogP contribution in [0.2, 0.25) is 0 Å². The van der Waals surface area contributed by atoms with Gasteiger partial charge in [-0.15, -0.1) is 0 Å². The zero-order valence-electron chi connectivity index (χ0n) is 14.0. The standard InChI is InChI=1S/C21H17NO3/c1-11-8-12-6-7-15(23)19-17(12)13(9-11)10-21(19)18-14(20(24)22-21)4-3-5-16(18)25-2/h3-9,23H,10H2,1-2H3,(H,22,24)/t21-/m0/s1. The molecule has 0 radical (unpaired) electrons. The molecule has 0 aromatic heterocycles. The number of benzene rings is 3. The summed E-state index contributed by atoms with van der Waals surface area (Å²) in [6, 6.07) is 13.4. The minimum atomic E-state index is -0.779. The van der Waals surface area contributed by atoms with E-state index in [1.165, 1.54) is 5.56 Å². The molecule has 0 saturated heterocycles. The van der Waals surface area contributed by atoms with Crippen LogP contribution in [0.1, 0.15) is 32.6 Å². The summed E-state index contributed by atoms with van der Waals surface area (Å²) in [7, 11) is 1.61. The molecule has 0 saturated carbocycles. The van der Waals surface area contributed by atoms with Crippen molar-refractivity contribution in [2.45, 2.75) is 18.9 Å². The van der Waals surface area contributed by atoms with Gasteiger partial charge in [0.05, 0.1) is 7.11 Å². The van der Waals surface area contributed by atoms with Crippen LogP contribution >= 0.6 is 0 Å². The van der Waals surface area contributed by atoms with Gasteiger partial charge in [-0.3, -0.25) is 4.79 Å². The van der Waals surface area contributed by atoms with Crippen LogP contribution in [0.5, 0.6) is 11.5 Å². The molecule has 4 nitrogen and oxygen atoms in total. The minimum Gasteiger partial charge on any atom is -0.508 e. The van der Waals surface area contributed by atoms with Crippen molar-refractivity contribution in [3.63, 3.8) is 0 Å². The van der Waals surface area contributed by atoms with E-state index in [4.69, 9.17) is 4.74 Å². The van der Waals surface area contributed by atoms with Gasteiger partial charge in [-0.25, -0.2) is 0 Å². The van der Waals surface area contributed by atoms with E-state index in [-0.39, 0.29) is 11.7 Å². The number of fused-ring (bicyclic) bond motifs is 3. The molecule has 0 unspecified atom stereocenters. The van der Waals surface area contributed by atoms with Crippen LogP contribution in [-0.2, 0) is 12.0 Å². The number of rotatable bonds is 1. The number of nitrogens with one attached hydrogen (secondary N) is 1.